The number of rotatable bonds is 2. The number of allylic oxidation sites excluding steroid dienone is 1. The van der Waals surface area contributed by atoms with E-state index < -0.39 is 52.3 Å². The van der Waals surface area contributed by atoms with Gasteiger partial charge in [-0.3, -0.25) is 4.79 Å². The molecule has 212 valence electrons. The van der Waals surface area contributed by atoms with Crippen LogP contribution in [0, 0.1) is 10.8 Å². The summed E-state index contributed by atoms with van der Waals surface area (Å²) in [4.78, 5) is 38.9. The molecule has 0 aromatic heterocycles. The maximum atomic E-state index is 13.2. The van der Waals surface area contributed by atoms with Gasteiger partial charge in [-0.2, -0.15) is 0 Å². The van der Waals surface area contributed by atoms with E-state index in [1.54, 1.807) is 6.08 Å². The van der Waals surface area contributed by atoms with Crippen LogP contribution in [-0.2, 0) is 38.1 Å². The molecule has 2 N–H and O–H groups in total. The number of aliphatic hydroxyl groups is 2. The molecule has 8 atom stereocenters. The number of esters is 2. The second kappa shape index (κ2) is 9.34. The van der Waals surface area contributed by atoms with Gasteiger partial charge in [0.25, 0.3) is 0 Å². The molecule has 3 saturated heterocycles. The van der Waals surface area contributed by atoms with Crippen LogP contribution in [0.3, 0.4) is 0 Å². The first kappa shape index (κ1) is 26.8. The van der Waals surface area contributed by atoms with Crippen molar-refractivity contribution in [2.24, 2.45) is 10.8 Å². The summed E-state index contributed by atoms with van der Waals surface area (Å²) in [5.41, 5.74) is -2.45. The molecule has 0 amide bonds. The van der Waals surface area contributed by atoms with Crippen LogP contribution in [0.4, 0.5) is 0 Å². The number of epoxide rings is 1. The summed E-state index contributed by atoms with van der Waals surface area (Å²) in [5.74, 6) is -1.51. The second-order valence-electron chi connectivity index (χ2n) is 11.9. The average Bonchev–Trinajstić information content (AvgIpc) is 3.69. The quantitative estimate of drug-likeness (QED) is 0.298. The zero-order chi connectivity index (χ0) is 27.6. The fourth-order valence-corrected chi connectivity index (χ4v) is 7.93. The van der Waals surface area contributed by atoms with Gasteiger partial charge in [-0.05, 0) is 50.2 Å². The van der Waals surface area contributed by atoms with E-state index in [0.29, 0.717) is 31.4 Å². The van der Waals surface area contributed by atoms with Crippen LogP contribution in [-0.4, -0.2) is 90.0 Å². The van der Waals surface area contributed by atoms with Crippen molar-refractivity contribution in [1.82, 2.24) is 0 Å². The number of carbonyl (C=O) groups excluding carboxylic acids is 3. The molecule has 6 rings (SSSR count). The van der Waals surface area contributed by atoms with Gasteiger partial charge >= 0.3 is 11.9 Å². The molecule has 4 aliphatic heterocycles. The summed E-state index contributed by atoms with van der Waals surface area (Å²) in [6, 6.07) is 0. The van der Waals surface area contributed by atoms with Crippen LogP contribution in [0.5, 0.6) is 0 Å². The summed E-state index contributed by atoms with van der Waals surface area (Å²) in [6.45, 7) is 3.90. The minimum atomic E-state index is -1.51. The van der Waals surface area contributed by atoms with Gasteiger partial charge in [0.05, 0.1) is 37.4 Å². The molecule has 4 fully saturated rings. The highest BCUT2D eigenvalue weighted by atomic mass is 16.6. The first-order chi connectivity index (χ1) is 18.6. The molecule has 0 aromatic carbocycles. The van der Waals surface area contributed by atoms with E-state index in [0.717, 1.165) is 5.57 Å². The summed E-state index contributed by atoms with van der Waals surface area (Å²) in [5, 5.41) is 21.0. The van der Waals surface area contributed by atoms with E-state index in [1.165, 1.54) is 19.1 Å². The van der Waals surface area contributed by atoms with Crippen molar-refractivity contribution in [2.75, 3.05) is 26.4 Å². The lowest BCUT2D eigenvalue weighted by Gasteiger charge is -2.58. The normalized spacial score (nSPS) is 47.7. The molecule has 2 aliphatic carbocycles. The Morgan fingerprint density at radius 1 is 1.10 bits per heavy atom. The maximum Gasteiger partial charge on any atom is 0.330 e. The number of carbonyl (C=O) groups is 3. The predicted molar refractivity (Wildman–Crippen MR) is 134 cm³/mol. The van der Waals surface area contributed by atoms with E-state index in [-0.39, 0.29) is 51.0 Å². The van der Waals surface area contributed by atoms with E-state index in [2.05, 4.69) is 0 Å². The lowest BCUT2D eigenvalue weighted by Crippen LogP contribution is -2.66. The molecule has 0 unspecified atom stereocenters. The number of cyclic esters (lactones) is 1. The number of ether oxygens (including phenoxy) is 5. The topological polar surface area (TPSA) is 141 Å². The number of aliphatic hydroxyl groups excluding tert-OH is 2. The zero-order valence-electron chi connectivity index (χ0n) is 22.4. The Balaban J connectivity index is 1.42. The fourth-order valence-electron chi connectivity index (χ4n) is 7.93. The summed E-state index contributed by atoms with van der Waals surface area (Å²) in [6.07, 6.45) is 5.79. The summed E-state index contributed by atoms with van der Waals surface area (Å²) >= 11 is 0. The lowest BCUT2D eigenvalue weighted by molar-refractivity contribution is -0.232. The molecule has 10 heteroatoms. The molecule has 0 aromatic rings. The predicted octanol–water partition coefficient (Wildman–Crippen LogP) is 1.47. The van der Waals surface area contributed by atoms with Gasteiger partial charge in [-0.25, -0.2) is 9.59 Å². The van der Waals surface area contributed by atoms with Crippen molar-refractivity contribution in [3.63, 3.8) is 0 Å². The molecule has 0 radical (unpaired) electrons. The second-order valence-corrected chi connectivity index (χ2v) is 11.9. The van der Waals surface area contributed by atoms with Crippen LogP contribution in [0.25, 0.3) is 0 Å². The van der Waals surface area contributed by atoms with Crippen molar-refractivity contribution < 1.29 is 48.3 Å². The van der Waals surface area contributed by atoms with E-state index in [1.807, 2.05) is 13.0 Å². The van der Waals surface area contributed by atoms with Crippen molar-refractivity contribution in [3.05, 3.63) is 35.5 Å². The number of ketones is 1. The Kier molecular flexibility index (Phi) is 6.43. The molecule has 4 heterocycles. The smallest absolute Gasteiger partial charge is 0.330 e. The van der Waals surface area contributed by atoms with Crippen LogP contribution in [0.2, 0.25) is 0 Å². The third kappa shape index (κ3) is 3.75. The molecular formula is C29H36O10. The largest absolute Gasteiger partial charge is 0.462 e. The highest BCUT2D eigenvalue weighted by Gasteiger charge is 2.83. The molecule has 1 saturated carbocycles. The fraction of sp³-hybridized carbons (Fsp3) is 0.690. The van der Waals surface area contributed by atoms with Gasteiger partial charge in [0.1, 0.15) is 24.4 Å². The van der Waals surface area contributed by atoms with Gasteiger partial charge in [0, 0.05) is 24.0 Å². The van der Waals surface area contributed by atoms with Gasteiger partial charge in [-0.1, -0.05) is 19.1 Å². The van der Waals surface area contributed by atoms with Gasteiger partial charge in [-0.15, -0.1) is 0 Å². The molecular weight excluding hydrogens is 508 g/mol. The minimum Gasteiger partial charge on any atom is -0.462 e. The van der Waals surface area contributed by atoms with E-state index >= 15 is 0 Å². The van der Waals surface area contributed by atoms with Crippen LogP contribution < -0.4 is 0 Å². The monoisotopic (exact) mass is 544 g/mol. The van der Waals surface area contributed by atoms with Crippen molar-refractivity contribution >= 4 is 17.7 Å². The Morgan fingerprint density at radius 3 is 2.62 bits per heavy atom. The Bertz CT molecular complexity index is 1170. The number of fused-ring (bicyclic) bond motifs is 2. The molecule has 6 aliphatic rings. The molecule has 2 spiro atoms. The highest BCUT2D eigenvalue weighted by Crippen LogP contribution is 2.72. The average molecular weight is 545 g/mol. The number of Topliss-reactive ketones (excluding diaryl/α,β-unsaturated/α-hetero) is 1. The van der Waals surface area contributed by atoms with Crippen LogP contribution in [0.1, 0.15) is 52.4 Å². The SMILES string of the molecule is CC(=O)[C@@]12CC/C=C\C(=O)O[C@@H]3C[C@H]4O[C@@H]5C=C(CO)CC[C@]5(COC(=O)/C=C(\CCO1)[C@H]2O)[C@]3(C)[C@]41CO1. The zero-order valence-corrected chi connectivity index (χ0v) is 22.4. The van der Waals surface area contributed by atoms with Crippen molar-refractivity contribution in [3.8, 4) is 0 Å². The first-order valence-corrected chi connectivity index (χ1v) is 13.8. The van der Waals surface area contributed by atoms with Gasteiger partial charge in [0.2, 0.25) is 0 Å². The Labute approximate surface area is 226 Å². The summed E-state index contributed by atoms with van der Waals surface area (Å²) < 4.78 is 30.5. The number of hydrogen-bond donors (Lipinski definition) is 2. The Morgan fingerprint density at radius 2 is 1.90 bits per heavy atom. The van der Waals surface area contributed by atoms with Gasteiger partial charge < -0.3 is 33.9 Å². The van der Waals surface area contributed by atoms with E-state index in [9.17, 15) is 24.6 Å². The van der Waals surface area contributed by atoms with Crippen molar-refractivity contribution in [2.45, 2.75) is 88.0 Å². The summed E-state index contributed by atoms with van der Waals surface area (Å²) in [7, 11) is 0. The third-order valence-electron chi connectivity index (χ3n) is 10.4. The third-order valence-corrected chi connectivity index (χ3v) is 10.4. The van der Waals surface area contributed by atoms with Gasteiger partial charge in [0.15, 0.2) is 11.4 Å². The highest BCUT2D eigenvalue weighted by molar-refractivity contribution is 5.88. The van der Waals surface area contributed by atoms with Crippen molar-refractivity contribution in [1.29, 1.82) is 0 Å². The lowest BCUT2D eigenvalue weighted by atomic mass is 9.51. The molecule has 10 nitrogen and oxygen atoms in total. The first-order valence-electron chi connectivity index (χ1n) is 13.8. The molecule has 39 heavy (non-hydrogen) atoms. The van der Waals surface area contributed by atoms with E-state index in [4.69, 9.17) is 23.7 Å². The Hall–Kier alpha value is -2.37. The maximum absolute atomic E-state index is 13.2. The number of hydrogen-bond acceptors (Lipinski definition) is 10. The minimum absolute atomic E-state index is 0.0296. The standard InChI is InChI=1S/C29H36O10/c1-17(31)28-8-4-3-5-23(32)39-20-13-22-29(16-37-29)26(20,2)27(9-6-18(14-30)11-21(27)38-22)15-35-24(33)12-19(25(28)34)7-10-36-28/h3,5,11-12,20-22,25,30,34H,4,6-10,13-16H2,1-2H3/b5-3-,19-12+/t20-,21-,22-,25-,26-,27-,28-,29+/m1/s1. The van der Waals surface area contributed by atoms with Crippen LogP contribution >= 0.6 is 0 Å². The van der Waals surface area contributed by atoms with Crippen LogP contribution in [0.15, 0.2) is 35.5 Å². The molecule has 4 bridgehead atoms.